The summed E-state index contributed by atoms with van der Waals surface area (Å²) in [5.41, 5.74) is 1.28. The van der Waals surface area contributed by atoms with Crippen LogP contribution >= 0.6 is 0 Å². The Kier molecular flexibility index (Phi) is 2.09. The Balaban J connectivity index is 2.04. The van der Waals surface area contributed by atoms with Crippen molar-refractivity contribution in [3.63, 3.8) is 0 Å². The van der Waals surface area contributed by atoms with E-state index < -0.39 is 5.69 Å². The molecule has 21 heavy (non-hydrogen) atoms. The Labute approximate surface area is 115 Å². The number of phenolic OH excluding ortho intramolecular Hbond substituents is 2. The number of nitrogens with zero attached hydrogens (tertiary/aromatic N) is 4. The Bertz CT molecular complexity index is 1040. The molecule has 4 aromatic rings. The first-order valence-electron chi connectivity index (χ1n) is 5.98. The average Bonchev–Trinajstić information content (AvgIpc) is 3.07. The van der Waals surface area contributed by atoms with Crippen LogP contribution in [0.25, 0.3) is 28.2 Å². The normalized spacial score (nSPS) is 11.4. The summed E-state index contributed by atoms with van der Waals surface area (Å²) in [5.74, 6) is -0.277. The van der Waals surface area contributed by atoms with Crippen LogP contribution in [0.4, 0.5) is 0 Å². The minimum atomic E-state index is -0.466. The fourth-order valence-corrected chi connectivity index (χ4v) is 2.11. The second-order valence-electron chi connectivity index (χ2n) is 4.43. The second kappa shape index (κ2) is 3.82. The van der Waals surface area contributed by atoms with E-state index in [0.29, 0.717) is 22.4 Å². The van der Waals surface area contributed by atoms with Crippen molar-refractivity contribution in [1.82, 2.24) is 29.5 Å². The van der Waals surface area contributed by atoms with Crippen LogP contribution in [-0.2, 0) is 0 Å². The van der Waals surface area contributed by atoms with Gasteiger partial charge in [-0.15, -0.1) is 5.10 Å². The Morgan fingerprint density at radius 1 is 1.19 bits per heavy atom. The predicted molar refractivity (Wildman–Crippen MR) is 72.0 cm³/mol. The van der Waals surface area contributed by atoms with Crippen LogP contribution in [0.15, 0.2) is 29.3 Å². The number of aromatic nitrogens is 6. The molecule has 4 N–H and O–H groups in total. The van der Waals surface area contributed by atoms with Crippen LogP contribution in [0, 0.1) is 0 Å². The van der Waals surface area contributed by atoms with E-state index in [4.69, 9.17) is 0 Å². The molecule has 1 aromatic carbocycles. The van der Waals surface area contributed by atoms with Gasteiger partial charge in [-0.05, 0) is 18.2 Å². The molecular weight excluding hydrogens is 276 g/mol. The zero-order valence-corrected chi connectivity index (χ0v) is 10.4. The van der Waals surface area contributed by atoms with Crippen LogP contribution in [0.3, 0.4) is 0 Å². The number of hydrogen-bond donors (Lipinski definition) is 4. The van der Waals surface area contributed by atoms with Crippen LogP contribution in [-0.4, -0.2) is 39.8 Å². The maximum atomic E-state index is 11.9. The van der Waals surface area contributed by atoms with Crippen molar-refractivity contribution in [2.24, 2.45) is 0 Å². The minimum absolute atomic E-state index is 0.240. The lowest BCUT2D eigenvalue weighted by Gasteiger charge is -1.98. The highest BCUT2D eigenvalue weighted by molar-refractivity contribution is 5.85. The van der Waals surface area contributed by atoms with Gasteiger partial charge in [-0.1, -0.05) is 0 Å². The minimum Gasteiger partial charge on any atom is -0.504 e. The van der Waals surface area contributed by atoms with E-state index in [1.54, 1.807) is 6.07 Å². The van der Waals surface area contributed by atoms with Gasteiger partial charge < -0.3 is 15.2 Å². The molecule has 9 nitrogen and oxygen atoms in total. The van der Waals surface area contributed by atoms with Gasteiger partial charge in [0.15, 0.2) is 28.6 Å². The van der Waals surface area contributed by atoms with Crippen molar-refractivity contribution in [3.8, 4) is 22.9 Å². The van der Waals surface area contributed by atoms with Crippen molar-refractivity contribution >= 4 is 16.8 Å². The molecule has 3 heterocycles. The molecule has 0 atom stereocenters. The molecule has 0 saturated carbocycles. The van der Waals surface area contributed by atoms with Gasteiger partial charge in [0.05, 0.1) is 6.33 Å². The number of phenols is 2. The summed E-state index contributed by atoms with van der Waals surface area (Å²) >= 11 is 0. The molecule has 0 aliphatic carbocycles. The highest BCUT2D eigenvalue weighted by Gasteiger charge is 2.14. The third kappa shape index (κ3) is 1.57. The highest BCUT2D eigenvalue weighted by Crippen LogP contribution is 2.29. The number of aromatic amines is 2. The first-order chi connectivity index (χ1) is 10.1. The van der Waals surface area contributed by atoms with Gasteiger partial charge >= 0.3 is 5.69 Å². The lowest BCUT2D eigenvalue weighted by atomic mass is 10.2. The Hall–Kier alpha value is -3.36. The van der Waals surface area contributed by atoms with E-state index >= 15 is 0 Å². The molecule has 0 unspecified atom stereocenters. The fraction of sp³-hybridized carbons (Fsp3) is 0. The lowest BCUT2D eigenvalue weighted by molar-refractivity contribution is 0.404. The monoisotopic (exact) mass is 284 g/mol. The SMILES string of the molecule is O=c1[nH]c2nc[nH]c2c2nc(-c3ccc(O)c(O)c3)nn12. The van der Waals surface area contributed by atoms with Gasteiger partial charge in [-0.25, -0.2) is 14.8 Å². The number of rotatable bonds is 1. The van der Waals surface area contributed by atoms with Crippen molar-refractivity contribution in [2.75, 3.05) is 0 Å². The highest BCUT2D eigenvalue weighted by atomic mass is 16.3. The zero-order valence-electron chi connectivity index (χ0n) is 10.4. The van der Waals surface area contributed by atoms with Gasteiger partial charge in [0.25, 0.3) is 0 Å². The van der Waals surface area contributed by atoms with Crippen molar-refractivity contribution in [1.29, 1.82) is 0 Å². The summed E-state index contributed by atoms with van der Waals surface area (Å²) in [6, 6.07) is 4.19. The standard InChI is InChI=1S/C12H8N6O3/c19-6-2-1-5(3-7(6)20)9-15-11-8-10(14-4-13-8)16-12(21)18(11)17-9/h1-4,19-20H,(H,13,14)(H,16,21). The number of aromatic hydroxyl groups is 2. The van der Waals surface area contributed by atoms with E-state index in [9.17, 15) is 15.0 Å². The van der Waals surface area contributed by atoms with Crippen molar-refractivity contribution in [3.05, 3.63) is 35.0 Å². The molecule has 4 rings (SSSR count). The first-order valence-corrected chi connectivity index (χ1v) is 5.98. The quantitative estimate of drug-likeness (QED) is 0.373. The summed E-state index contributed by atoms with van der Waals surface area (Å²) in [6.07, 6.45) is 1.45. The molecule has 0 amide bonds. The molecule has 0 fully saturated rings. The first kappa shape index (κ1) is 11.5. The predicted octanol–water partition coefficient (Wildman–Crippen LogP) is 0.372. The van der Waals surface area contributed by atoms with E-state index in [2.05, 4.69) is 25.0 Å². The van der Waals surface area contributed by atoms with Crippen LogP contribution < -0.4 is 5.69 Å². The topological polar surface area (TPSA) is 132 Å². The third-order valence-corrected chi connectivity index (χ3v) is 3.12. The second-order valence-corrected chi connectivity index (χ2v) is 4.43. The summed E-state index contributed by atoms with van der Waals surface area (Å²) in [4.78, 5) is 25.6. The van der Waals surface area contributed by atoms with Crippen LogP contribution in [0.1, 0.15) is 0 Å². The molecule has 104 valence electrons. The summed E-state index contributed by atoms with van der Waals surface area (Å²) in [7, 11) is 0. The number of imidazole rings is 1. The van der Waals surface area contributed by atoms with Gasteiger partial charge in [-0.3, -0.25) is 4.98 Å². The number of fused-ring (bicyclic) bond motifs is 3. The maximum Gasteiger partial charge on any atom is 0.349 e. The van der Waals surface area contributed by atoms with E-state index in [1.807, 2.05) is 0 Å². The van der Waals surface area contributed by atoms with Gasteiger partial charge in [0.1, 0.15) is 5.52 Å². The smallest absolute Gasteiger partial charge is 0.349 e. The number of H-pyrrole nitrogens is 2. The lowest BCUT2D eigenvalue weighted by Crippen LogP contribution is -2.17. The van der Waals surface area contributed by atoms with E-state index in [0.717, 1.165) is 4.52 Å². The molecule has 0 spiro atoms. The Morgan fingerprint density at radius 3 is 2.86 bits per heavy atom. The molecule has 0 aliphatic heterocycles. The van der Waals surface area contributed by atoms with Crippen molar-refractivity contribution in [2.45, 2.75) is 0 Å². The van der Waals surface area contributed by atoms with E-state index in [-0.39, 0.29) is 17.3 Å². The van der Waals surface area contributed by atoms with Gasteiger partial charge in [0, 0.05) is 5.56 Å². The molecule has 9 heteroatoms. The summed E-state index contributed by atoms with van der Waals surface area (Å²) in [5, 5.41) is 23.0. The number of nitrogens with one attached hydrogen (secondary N) is 2. The Morgan fingerprint density at radius 2 is 2.05 bits per heavy atom. The molecule has 0 bridgehead atoms. The molecule has 0 aliphatic rings. The van der Waals surface area contributed by atoms with Crippen molar-refractivity contribution < 1.29 is 10.2 Å². The third-order valence-electron chi connectivity index (χ3n) is 3.12. The van der Waals surface area contributed by atoms with Crippen LogP contribution in [0.2, 0.25) is 0 Å². The molecule has 3 aromatic heterocycles. The summed E-state index contributed by atoms with van der Waals surface area (Å²) in [6.45, 7) is 0. The molecule has 0 radical (unpaired) electrons. The van der Waals surface area contributed by atoms with Gasteiger partial charge in [0.2, 0.25) is 0 Å². The molecule has 0 saturated heterocycles. The maximum absolute atomic E-state index is 11.9. The number of hydrogen-bond acceptors (Lipinski definition) is 6. The number of benzene rings is 1. The zero-order chi connectivity index (χ0) is 14.6. The van der Waals surface area contributed by atoms with Gasteiger partial charge in [-0.2, -0.15) is 4.52 Å². The fourth-order valence-electron chi connectivity index (χ4n) is 2.11. The largest absolute Gasteiger partial charge is 0.504 e. The average molecular weight is 284 g/mol. The van der Waals surface area contributed by atoms with Crippen LogP contribution in [0.5, 0.6) is 11.5 Å². The molecular formula is C12H8N6O3. The van der Waals surface area contributed by atoms with E-state index in [1.165, 1.54) is 18.5 Å². The summed E-state index contributed by atoms with van der Waals surface area (Å²) < 4.78 is 1.11.